The molecule has 0 radical (unpaired) electrons. The molecule has 2 heterocycles. The van der Waals surface area contributed by atoms with Crippen molar-refractivity contribution in [1.82, 2.24) is 15.4 Å². The molecule has 0 spiro atoms. The number of carbonyl (C=O) groups excluding carboxylic acids is 1. The summed E-state index contributed by atoms with van der Waals surface area (Å²) in [5.74, 6) is -0.474. The molecule has 18 heavy (non-hydrogen) atoms. The van der Waals surface area contributed by atoms with Gasteiger partial charge in [0.2, 0.25) is 0 Å². The summed E-state index contributed by atoms with van der Waals surface area (Å²) in [6.45, 7) is 3.31. The molecule has 0 bridgehead atoms. The zero-order chi connectivity index (χ0) is 13.3. The quantitative estimate of drug-likeness (QED) is 0.622. The fraction of sp³-hybridized carbons (Fsp3) is 0.222. The van der Waals surface area contributed by atoms with Gasteiger partial charge in [0.15, 0.2) is 11.5 Å². The lowest BCUT2D eigenvalue weighted by molar-refractivity contribution is -0.389. The summed E-state index contributed by atoms with van der Waals surface area (Å²) in [5, 5.41) is 22.3. The van der Waals surface area contributed by atoms with E-state index in [4.69, 9.17) is 4.52 Å². The number of aryl methyl sites for hydroxylation is 2. The molecular formula is C9H9N5O4. The van der Waals surface area contributed by atoms with E-state index in [1.807, 2.05) is 0 Å². The summed E-state index contributed by atoms with van der Waals surface area (Å²) < 4.78 is 4.87. The normalized spacial score (nSPS) is 10.3. The van der Waals surface area contributed by atoms with Gasteiger partial charge in [0.25, 0.3) is 5.91 Å². The number of amides is 1. The van der Waals surface area contributed by atoms with Gasteiger partial charge in [-0.15, -0.1) is 5.10 Å². The number of anilines is 1. The molecule has 2 rings (SSSR count). The van der Waals surface area contributed by atoms with Gasteiger partial charge in [-0.25, -0.2) is 0 Å². The van der Waals surface area contributed by atoms with Gasteiger partial charge < -0.3 is 20.0 Å². The van der Waals surface area contributed by atoms with Crippen LogP contribution in [-0.2, 0) is 0 Å². The second kappa shape index (κ2) is 4.28. The Labute approximate surface area is 100 Å². The monoisotopic (exact) mass is 251 g/mol. The van der Waals surface area contributed by atoms with Gasteiger partial charge in [-0.2, -0.15) is 0 Å². The Morgan fingerprint density at radius 3 is 2.78 bits per heavy atom. The maximum absolute atomic E-state index is 11.8. The predicted octanol–water partition coefficient (Wildman–Crippen LogP) is 1.18. The van der Waals surface area contributed by atoms with Crippen molar-refractivity contribution < 1.29 is 14.2 Å². The molecule has 2 aromatic heterocycles. The number of hydrogen-bond acceptors (Lipinski definition) is 6. The van der Waals surface area contributed by atoms with Crippen molar-refractivity contribution in [2.75, 3.05) is 5.32 Å². The highest BCUT2D eigenvalue weighted by Gasteiger charge is 2.19. The fourth-order valence-corrected chi connectivity index (χ4v) is 1.36. The number of aromatic nitrogens is 3. The standard InChI is InChI=1S/C9H9N5O4/c1-4-8(5(2)18-13-4)10-9(15)6-3-7(12-11-6)14(16)17/h3H,1-2H3,(H,10,15)(H,11,12). The smallest absolute Gasteiger partial charge is 0.343 e. The Morgan fingerprint density at radius 1 is 1.56 bits per heavy atom. The molecule has 0 aliphatic heterocycles. The summed E-state index contributed by atoms with van der Waals surface area (Å²) in [6, 6.07) is 1.05. The zero-order valence-electron chi connectivity index (χ0n) is 9.55. The highest BCUT2D eigenvalue weighted by atomic mass is 16.6. The highest BCUT2D eigenvalue weighted by molar-refractivity contribution is 6.03. The Morgan fingerprint density at radius 2 is 2.28 bits per heavy atom. The number of H-pyrrole nitrogens is 1. The molecule has 9 heteroatoms. The number of carbonyl (C=O) groups is 1. The number of nitrogens with zero attached hydrogens (tertiary/aromatic N) is 3. The molecular weight excluding hydrogens is 242 g/mol. The molecule has 9 nitrogen and oxygen atoms in total. The highest BCUT2D eigenvalue weighted by Crippen LogP contribution is 2.19. The van der Waals surface area contributed by atoms with Crippen LogP contribution in [0.15, 0.2) is 10.6 Å². The van der Waals surface area contributed by atoms with Crippen molar-refractivity contribution in [3.8, 4) is 0 Å². The molecule has 0 atom stereocenters. The molecule has 94 valence electrons. The zero-order valence-corrected chi connectivity index (χ0v) is 9.55. The lowest BCUT2D eigenvalue weighted by Crippen LogP contribution is -2.13. The van der Waals surface area contributed by atoms with E-state index in [1.165, 1.54) is 0 Å². The van der Waals surface area contributed by atoms with Crippen LogP contribution in [0, 0.1) is 24.0 Å². The van der Waals surface area contributed by atoms with Crippen LogP contribution < -0.4 is 5.32 Å². The average molecular weight is 251 g/mol. The summed E-state index contributed by atoms with van der Waals surface area (Å²) in [6.07, 6.45) is 0. The van der Waals surface area contributed by atoms with Crippen molar-refractivity contribution in [3.63, 3.8) is 0 Å². The molecule has 0 aliphatic carbocycles. The Hall–Kier alpha value is -2.71. The van der Waals surface area contributed by atoms with E-state index in [1.54, 1.807) is 13.8 Å². The van der Waals surface area contributed by atoms with Crippen molar-refractivity contribution in [2.45, 2.75) is 13.8 Å². The predicted molar refractivity (Wildman–Crippen MR) is 59.2 cm³/mol. The first-order valence-corrected chi connectivity index (χ1v) is 4.93. The number of aromatic amines is 1. The van der Waals surface area contributed by atoms with Gasteiger partial charge in [0.05, 0.1) is 6.07 Å². The summed E-state index contributed by atoms with van der Waals surface area (Å²) in [5.41, 5.74) is 0.873. The lowest BCUT2D eigenvalue weighted by Gasteiger charge is -1.99. The van der Waals surface area contributed by atoms with Crippen LogP contribution in [0.4, 0.5) is 11.5 Å². The van der Waals surface area contributed by atoms with Gasteiger partial charge in [0.1, 0.15) is 11.4 Å². The first-order valence-electron chi connectivity index (χ1n) is 4.93. The minimum Gasteiger partial charge on any atom is -0.359 e. The van der Waals surface area contributed by atoms with E-state index in [9.17, 15) is 14.9 Å². The van der Waals surface area contributed by atoms with Gasteiger partial charge in [0, 0.05) is 0 Å². The van der Waals surface area contributed by atoms with E-state index in [0.717, 1.165) is 6.07 Å². The van der Waals surface area contributed by atoms with Crippen LogP contribution in [0.1, 0.15) is 21.9 Å². The molecule has 0 aromatic carbocycles. The molecule has 0 saturated carbocycles. The minimum absolute atomic E-state index is 0.0818. The molecule has 1 amide bonds. The lowest BCUT2D eigenvalue weighted by atomic mass is 10.3. The van der Waals surface area contributed by atoms with E-state index in [-0.39, 0.29) is 11.5 Å². The minimum atomic E-state index is -0.667. The van der Waals surface area contributed by atoms with Gasteiger partial charge >= 0.3 is 5.82 Å². The molecule has 0 aliphatic rings. The number of nitrogens with one attached hydrogen (secondary N) is 2. The second-order valence-corrected chi connectivity index (χ2v) is 3.55. The fourth-order valence-electron chi connectivity index (χ4n) is 1.36. The maximum atomic E-state index is 11.8. The third-order valence-electron chi connectivity index (χ3n) is 2.27. The van der Waals surface area contributed by atoms with Crippen LogP contribution in [0.2, 0.25) is 0 Å². The summed E-state index contributed by atoms with van der Waals surface area (Å²) in [7, 11) is 0. The maximum Gasteiger partial charge on any atom is 0.343 e. The second-order valence-electron chi connectivity index (χ2n) is 3.55. The summed E-state index contributed by atoms with van der Waals surface area (Å²) >= 11 is 0. The SMILES string of the molecule is Cc1noc(C)c1NC(=O)c1cc([N+](=O)[O-])[nH]n1. The number of hydrogen-bond donors (Lipinski definition) is 2. The van der Waals surface area contributed by atoms with Crippen LogP contribution >= 0.6 is 0 Å². The molecule has 0 unspecified atom stereocenters. The Bertz CT molecular complexity index is 595. The van der Waals surface area contributed by atoms with E-state index < -0.39 is 10.8 Å². The largest absolute Gasteiger partial charge is 0.359 e. The molecule has 2 aromatic rings. The first kappa shape index (κ1) is 11.8. The molecule has 2 N–H and O–H groups in total. The van der Waals surface area contributed by atoms with Crippen LogP contribution in [0.3, 0.4) is 0 Å². The third-order valence-corrected chi connectivity index (χ3v) is 2.27. The van der Waals surface area contributed by atoms with Crippen molar-refractivity contribution in [2.24, 2.45) is 0 Å². The van der Waals surface area contributed by atoms with Crippen molar-refractivity contribution >= 4 is 17.4 Å². The summed E-state index contributed by atoms with van der Waals surface area (Å²) in [4.78, 5) is 21.5. The van der Waals surface area contributed by atoms with Crippen molar-refractivity contribution in [3.05, 3.63) is 33.3 Å². The van der Waals surface area contributed by atoms with Gasteiger partial charge in [-0.1, -0.05) is 10.3 Å². The molecule has 0 fully saturated rings. The van der Waals surface area contributed by atoms with Crippen molar-refractivity contribution in [1.29, 1.82) is 0 Å². The van der Waals surface area contributed by atoms with E-state index in [2.05, 4.69) is 20.7 Å². The van der Waals surface area contributed by atoms with E-state index >= 15 is 0 Å². The Kier molecular flexibility index (Phi) is 2.80. The third kappa shape index (κ3) is 2.05. The van der Waals surface area contributed by atoms with Crippen LogP contribution in [0.25, 0.3) is 0 Å². The van der Waals surface area contributed by atoms with E-state index in [0.29, 0.717) is 17.1 Å². The van der Waals surface area contributed by atoms with Crippen LogP contribution in [-0.4, -0.2) is 26.2 Å². The number of rotatable bonds is 3. The first-order chi connectivity index (χ1) is 8.49. The topological polar surface area (TPSA) is 127 Å². The Balaban J connectivity index is 2.19. The number of nitro groups is 1. The molecule has 0 saturated heterocycles. The van der Waals surface area contributed by atoms with Crippen LogP contribution in [0.5, 0.6) is 0 Å². The van der Waals surface area contributed by atoms with Gasteiger partial charge in [-0.05, 0) is 18.8 Å². The average Bonchev–Trinajstić information content (AvgIpc) is 2.91. The van der Waals surface area contributed by atoms with Gasteiger partial charge in [-0.3, -0.25) is 4.79 Å².